The molecule has 4 heteroatoms. The first-order valence-electron chi connectivity index (χ1n) is 7.84. The zero-order valence-corrected chi connectivity index (χ0v) is 14.1. The SMILES string of the molecule is COc1ccccc1CC(=O)NCc1ccc(C[NH+](C)C)cc1. The minimum absolute atomic E-state index is 0.00341. The Morgan fingerprint density at radius 2 is 1.70 bits per heavy atom. The van der Waals surface area contributed by atoms with Gasteiger partial charge in [-0.2, -0.15) is 0 Å². The van der Waals surface area contributed by atoms with Crippen LogP contribution in [0.4, 0.5) is 0 Å². The molecule has 0 saturated heterocycles. The van der Waals surface area contributed by atoms with Gasteiger partial charge in [-0.3, -0.25) is 4.79 Å². The van der Waals surface area contributed by atoms with Gasteiger partial charge in [0.05, 0.1) is 27.6 Å². The molecule has 0 heterocycles. The molecular weight excluding hydrogens is 288 g/mol. The number of carbonyl (C=O) groups is 1. The summed E-state index contributed by atoms with van der Waals surface area (Å²) in [5, 5.41) is 2.96. The van der Waals surface area contributed by atoms with Crippen LogP contribution in [-0.2, 0) is 24.3 Å². The fourth-order valence-electron chi connectivity index (χ4n) is 2.47. The van der Waals surface area contributed by atoms with E-state index in [9.17, 15) is 4.79 Å². The smallest absolute Gasteiger partial charge is 0.224 e. The van der Waals surface area contributed by atoms with Gasteiger partial charge in [-0.15, -0.1) is 0 Å². The molecule has 0 fully saturated rings. The Kier molecular flexibility index (Phi) is 6.18. The maximum absolute atomic E-state index is 12.1. The van der Waals surface area contributed by atoms with Crippen molar-refractivity contribution in [3.8, 4) is 5.75 Å². The van der Waals surface area contributed by atoms with Gasteiger partial charge in [0.15, 0.2) is 0 Å². The van der Waals surface area contributed by atoms with Crippen LogP contribution in [0.25, 0.3) is 0 Å². The van der Waals surface area contributed by atoms with E-state index >= 15 is 0 Å². The lowest BCUT2D eigenvalue weighted by Crippen LogP contribution is -3.04. The summed E-state index contributed by atoms with van der Waals surface area (Å²) in [6, 6.07) is 16.0. The zero-order chi connectivity index (χ0) is 16.7. The van der Waals surface area contributed by atoms with E-state index in [4.69, 9.17) is 4.74 Å². The lowest BCUT2D eigenvalue weighted by molar-refractivity contribution is -0.872. The maximum atomic E-state index is 12.1. The van der Waals surface area contributed by atoms with Crippen molar-refractivity contribution in [2.24, 2.45) is 0 Å². The summed E-state index contributed by atoms with van der Waals surface area (Å²) < 4.78 is 5.27. The molecule has 0 radical (unpaired) electrons. The first-order chi connectivity index (χ1) is 11.1. The van der Waals surface area contributed by atoms with Crippen LogP contribution in [0.15, 0.2) is 48.5 Å². The largest absolute Gasteiger partial charge is 0.496 e. The second kappa shape index (κ2) is 8.34. The lowest BCUT2D eigenvalue weighted by atomic mass is 10.1. The highest BCUT2D eigenvalue weighted by Crippen LogP contribution is 2.17. The van der Waals surface area contributed by atoms with Gasteiger partial charge in [-0.25, -0.2) is 0 Å². The van der Waals surface area contributed by atoms with E-state index in [0.717, 1.165) is 23.4 Å². The molecule has 2 aromatic rings. The summed E-state index contributed by atoms with van der Waals surface area (Å²) in [5.74, 6) is 0.745. The average molecular weight is 313 g/mol. The fraction of sp³-hybridized carbons (Fsp3) is 0.316. The predicted octanol–water partition coefficient (Wildman–Crippen LogP) is 1.20. The fourth-order valence-corrected chi connectivity index (χ4v) is 2.47. The molecule has 4 nitrogen and oxygen atoms in total. The van der Waals surface area contributed by atoms with Crippen molar-refractivity contribution in [1.29, 1.82) is 0 Å². The lowest BCUT2D eigenvalue weighted by Gasteiger charge is -2.10. The summed E-state index contributed by atoms with van der Waals surface area (Å²) in [7, 11) is 5.88. The second-order valence-corrected chi connectivity index (χ2v) is 5.97. The summed E-state index contributed by atoms with van der Waals surface area (Å²) in [5.41, 5.74) is 3.31. The predicted molar refractivity (Wildman–Crippen MR) is 91.5 cm³/mol. The van der Waals surface area contributed by atoms with Crippen LogP contribution >= 0.6 is 0 Å². The average Bonchev–Trinajstić information content (AvgIpc) is 2.54. The molecule has 2 N–H and O–H groups in total. The van der Waals surface area contributed by atoms with Gasteiger partial charge >= 0.3 is 0 Å². The van der Waals surface area contributed by atoms with E-state index in [-0.39, 0.29) is 5.91 Å². The molecule has 0 aliphatic carbocycles. The number of para-hydroxylation sites is 1. The summed E-state index contributed by atoms with van der Waals surface area (Å²) in [4.78, 5) is 13.5. The van der Waals surface area contributed by atoms with Crippen LogP contribution in [0, 0.1) is 0 Å². The van der Waals surface area contributed by atoms with Gasteiger partial charge in [0.25, 0.3) is 0 Å². The Balaban J connectivity index is 1.86. The number of quaternary nitrogens is 1. The third-order valence-electron chi connectivity index (χ3n) is 3.61. The molecule has 0 aliphatic heterocycles. The molecule has 1 amide bonds. The maximum Gasteiger partial charge on any atom is 0.224 e. The zero-order valence-electron chi connectivity index (χ0n) is 14.1. The Labute approximate surface area is 138 Å². The Hall–Kier alpha value is -2.33. The van der Waals surface area contributed by atoms with Crippen LogP contribution < -0.4 is 15.0 Å². The highest BCUT2D eigenvalue weighted by molar-refractivity contribution is 5.79. The van der Waals surface area contributed by atoms with Crippen molar-refractivity contribution in [1.82, 2.24) is 5.32 Å². The van der Waals surface area contributed by atoms with Gasteiger partial charge < -0.3 is 15.0 Å². The number of hydrogen-bond donors (Lipinski definition) is 2. The van der Waals surface area contributed by atoms with Crippen molar-refractivity contribution in [3.05, 3.63) is 65.2 Å². The minimum Gasteiger partial charge on any atom is -0.496 e. The van der Waals surface area contributed by atoms with E-state index in [1.807, 2.05) is 24.3 Å². The molecule has 2 aromatic carbocycles. The molecule has 0 aliphatic rings. The van der Waals surface area contributed by atoms with Crippen molar-refractivity contribution >= 4 is 5.91 Å². The molecule has 0 spiro atoms. The Morgan fingerprint density at radius 1 is 1.04 bits per heavy atom. The normalized spacial score (nSPS) is 10.6. The molecular formula is C19H25N2O2+. The summed E-state index contributed by atoms with van der Waals surface area (Å²) in [6.07, 6.45) is 0.325. The van der Waals surface area contributed by atoms with Crippen LogP contribution in [0.5, 0.6) is 5.75 Å². The topological polar surface area (TPSA) is 42.8 Å². The number of benzene rings is 2. The van der Waals surface area contributed by atoms with Gasteiger partial charge in [0.2, 0.25) is 5.91 Å². The number of carbonyl (C=O) groups excluding carboxylic acids is 1. The van der Waals surface area contributed by atoms with E-state index in [0.29, 0.717) is 13.0 Å². The van der Waals surface area contributed by atoms with E-state index < -0.39 is 0 Å². The highest BCUT2D eigenvalue weighted by atomic mass is 16.5. The van der Waals surface area contributed by atoms with E-state index in [1.165, 1.54) is 10.5 Å². The van der Waals surface area contributed by atoms with Crippen molar-refractivity contribution < 1.29 is 14.4 Å². The quantitative estimate of drug-likeness (QED) is 0.807. The summed E-state index contributed by atoms with van der Waals surface area (Å²) in [6.45, 7) is 1.55. The molecule has 122 valence electrons. The third kappa shape index (κ3) is 5.42. The molecule has 0 aromatic heterocycles. The van der Waals surface area contributed by atoms with Gasteiger partial charge in [0.1, 0.15) is 12.3 Å². The first-order valence-corrected chi connectivity index (χ1v) is 7.84. The van der Waals surface area contributed by atoms with Gasteiger partial charge in [-0.1, -0.05) is 42.5 Å². The summed E-state index contributed by atoms with van der Waals surface area (Å²) >= 11 is 0. The van der Waals surface area contributed by atoms with Crippen molar-refractivity contribution in [2.45, 2.75) is 19.5 Å². The van der Waals surface area contributed by atoms with Crippen molar-refractivity contribution in [2.75, 3.05) is 21.2 Å². The van der Waals surface area contributed by atoms with E-state index in [2.05, 4.69) is 43.7 Å². The minimum atomic E-state index is -0.00341. The molecule has 0 atom stereocenters. The molecule has 2 rings (SSSR count). The molecule has 0 unspecified atom stereocenters. The Morgan fingerprint density at radius 3 is 2.35 bits per heavy atom. The number of rotatable bonds is 7. The number of ether oxygens (including phenoxy) is 1. The highest BCUT2D eigenvalue weighted by Gasteiger charge is 2.08. The number of methoxy groups -OCH3 is 1. The van der Waals surface area contributed by atoms with Crippen LogP contribution in [-0.4, -0.2) is 27.1 Å². The number of amides is 1. The monoisotopic (exact) mass is 313 g/mol. The molecule has 23 heavy (non-hydrogen) atoms. The first kappa shape index (κ1) is 17.0. The van der Waals surface area contributed by atoms with Gasteiger partial charge in [0, 0.05) is 17.7 Å². The second-order valence-electron chi connectivity index (χ2n) is 5.97. The van der Waals surface area contributed by atoms with Crippen molar-refractivity contribution in [3.63, 3.8) is 0 Å². The Bertz CT molecular complexity index is 636. The van der Waals surface area contributed by atoms with Crippen LogP contribution in [0.2, 0.25) is 0 Å². The van der Waals surface area contributed by atoms with Crippen LogP contribution in [0.1, 0.15) is 16.7 Å². The van der Waals surface area contributed by atoms with Crippen LogP contribution in [0.3, 0.4) is 0 Å². The number of hydrogen-bond acceptors (Lipinski definition) is 2. The number of nitrogens with one attached hydrogen (secondary N) is 2. The van der Waals surface area contributed by atoms with Gasteiger partial charge in [-0.05, 0) is 11.6 Å². The van der Waals surface area contributed by atoms with E-state index in [1.54, 1.807) is 7.11 Å². The molecule has 0 saturated carbocycles. The third-order valence-corrected chi connectivity index (χ3v) is 3.61. The standard InChI is InChI=1S/C19H24N2O2/c1-21(2)14-16-10-8-15(9-11-16)13-20-19(22)12-17-6-4-5-7-18(17)23-3/h4-11H,12-14H2,1-3H3,(H,20,22)/p+1. The molecule has 0 bridgehead atoms.